The maximum absolute atomic E-state index is 12.4. The molecule has 1 heterocycles. The van der Waals surface area contributed by atoms with Crippen LogP contribution in [-0.2, 0) is 11.3 Å². The first-order valence-corrected chi connectivity index (χ1v) is 7.88. The Balaban J connectivity index is 1.79. The smallest absolute Gasteiger partial charge is 0.328 e. The standard InChI is InChI=1S/C18H16N4O4/c19-16(24)11-5-1-3-7-13(11)20-15(23)9-10-22-17(25)12-6-2-4-8-14(12)21-18(22)26/h1-8H,9-10H2,(H2,19,24)(H,20,23)(H,21,26). The second kappa shape index (κ2) is 7.06. The number of carbonyl (C=O) groups excluding carboxylic acids is 2. The maximum Gasteiger partial charge on any atom is 0.328 e. The number of rotatable bonds is 5. The van der Waals surface area contributed by atoms with E-state index >= 15 is 0 Å². The molecule has 0 radical (unpaired) electrons. The lowest BCUT2D eigenvalue weighted by atomic mass is 10.1. The molecular formula is C18H16N4O4. The number of H-pyrrole nitrogens is 1. The van der Waals surface area contributed by atoms with Crippen molar-refractivity contribution in [2.24, 2.45) is 5.73 Å². The molecule has 26 heavy (non-hydrogen) atoms. The predicted molar refractivity (Wildman–Crippen MR) is 97.0 cm³/mol. The van der Waals surface area contributed by atoms with Crippen LogP contribution in [0.3, 0.4) is 0 Å². The van der Waals surface area contributed by atoms with Gasteiger partial charge in [0.05, 0.1) is 22.2 Å². The Bertz CT molecular complexity index is 1110. The minimum atomic E-state index is -0.664. The minimum Gasteiger partial charge on any atom is -0.366 e. The molecule has 0 unspecified atom stereocenters. The number of hydrogen-bond donors (Lipinski definition) is 3. The fourth-order valence-corrected chi connectivity index (χ4v) is 2.64. The van der Waals surface area contributed by atoms with Crippen molar-refractivity contribution in [3.8, 4) is 0 Å². The second-order valence-electron chi connectivity index (χ2n) is 5.64. The van der Waals surface area contributed by atoms with E-state index in [1.54, 1.807) is 42.5 Å². The van der Waals surface area contributed by atoms with Crippen LogP contribution in [0.5, 0.6) is 0 Å². The quantitative estimate of drug-likeness (QED) is 0.628. The summed E-state index contributed by atoms with van der Waals surface area (Å²) in [4.78, 5) is 50.6. The molecule has 132 valence electrons. The topological polar surface area (TPSA) is 127 Å². The number of para-hydroxylation sites is 2. The molecule has 2 aromatic carbocycles. The molecule has 8 heteroatoms. The average molecular weight is 352 g/mol. The fourth-order valence-electron chi connectivity index (χ4n) is 2.64. The van der Waals surface area contributed by atoms with Gasteiger partial charge in [-0.25, -0.2) is 4.79 Å². The number of carbonyl (C=O) groups is 2. The molecule has 0 spiro atoms. The van der Waals surface area contributed by atoms with Gasteiger partial charge in [0.1, 0.15) is 0 Å². The van der Waals surface area contributed by atoms with E-state index in [2.05, 4.69) is 10.3 Å². The molecule has 0 saturated carbocycles. The van der Waals surface area contributed by atoms with Crippen LogP contribution in [0.25, 0.3) is 10.9 Å². The van der Waals surface area contributed by atoms with Crippen LogP contribution in [0.15, 0.2) is 58.1 Å². The summed E-state index contributed by atoms with van der Waals surface area (Å²) in [5, 5.41) is 2.94. The molecule has 8 nitrogen and oxygen atoms in total. The second-order valence-corrected chi connectivity index (χ2v) is 5.64. The van der Waals surface area contributed by atoms with Crippen LogP contribution in [0.1, 0.15) is 16.8 Å². The summed E-state index contributed by atoms with van der Waals surface area (Å²) in [6.07, 6.45) is -0.117. The zero-order valence-corrected chi connectivity index (χ0v) is 13.7. The van der Waals surface area contributed by atoms with Gasteiger partial charge < -0.3 is 16.0 Å². The van der Waals surface area contributed by atoms with Gasteiger partial charge in [-0.2, -0.15) is 0 Å². The molecule has 0 aliphatic carbocycles. The zero-order chi connectivity index (χ0) is 18.7. The van der Waals surface area contributed by atoms with E-state index in [-0.39, 0.29) is 24.2 Å². The highest BCUT2D eigenvalue weighted by Crippen LogP contribution is 2.14. The van der Waals surface area contributed by atoms with Crippen LogP contribution in [0.2, 0.25) is 0 Å². The summed E-state index contributed by atoms with van der Waals surface area (Å²) in [7, 11) is 0. The molecular weight excluding hydrogens is 336 g/mol. The molecule has 2 amide bonds. The largest absolute Gasteiger partial charge is 0.366 e. The first-order chi connectivity index (χ1) is 12.5. The molecule has 0 atom stereocenters. The highest BCUT2D eigenvalue weighted by molar-refractivity contribution is 6.02. The van der Waals surface area contributed by atoms with Crippen molar-refractivity contribution in [1.82, 2.24) is 9.55 Å². The number of aromatic nitrogens is 2. The summed E-state index contributed by atoms with van der Waals surface area (Å²) in [5.74, 6) is -1.11. The van der Waals surface area contributed by atoms with Gasteiger partial charge in [-0.05, 0) is 24.3 Å². The van der Waals surface area contributed by atoms with Gasteiger partial charge in [0.15, 0.2) is 0 Å². The van der Waals surface area contributed by atoms with Crippen LogP contribution in [-0.4, -0.2) is 21.4 Å². The van der Waals surface area contributed by atoms with Gasteiger partial charge in [0.25, 0.3) is 11.5 Å². The number of nitrogens with two attached hydrogens (primary N) is 1. The van der Waals surface area contributed by atoms with Crippen molar-refractivity contribution >= 4 is 28.4 Å². The van der Waals surface area contributed by atoms with Gasteiger partial charge in [0, 0.05) is 13.0 Å². The summed E-state index contributed by atoms with van der Waals surface area (Å²) in [5.41, 5.74) is 5.13. The van der Waals surface area contributed by atoms with Gasteiger partial charge in [0.2, 0.25) is 5.91 Å². The van der Waals surface area contributed by atoms with E-state index in [0.29, 0.717) is 10.9 Å². The molecule has 4 N–H and O–H groups in total. The molecule has 3 aromatic rings. The lowest BCUT2D eigenvalue weighted by molar-refractivity contribution is -0.116. The van der Waals surface area contributed by atoms with Crippen LogP contribution in [0, 0.1) is 0 Å². The third kappa shape index (κ3) is 3.39. The summed E-state index contributed by atoms with van der Waals surface area (Å²) in [6, 6.07) is 13.0. The third-order valence-electron chi connectivity index (χ3n) is 3.92. The summed E-state index contributed by atoms with van der Waals surface area (Å²) >= 11 is 0. The van der Waals surface area contributed by atoms with Crippen molar-refractivity contribution in [2.75, 3.05) is 5.32 Å². The molecule has 0 bridgehead atoms. The summed E-state index contributed by atoms with van der Waals surface area (Å²) in [6.45, 7) is -0.0937. The Labute approximate surface area is 147 Å². The predicted octanol–water partition coefficient (Wildman–Crippen LogP) is 0.817. The van der Waals surface area contributed by atoms with Crippen LogP contribution >= 0.6 is 0 Å². The molecule has 1 aromatic heterocycles. The first-order valence-electron chi connectivity index (χ1n) is 7.88. The normalized spacial score (nSPS) is 10.6. The van der Waals surface area contributed by atoms with Gasteiger partial charge in [-0.15, -0.1) is 0 Å². The van der Waals surface area contributed by atoms with E-state index in [4.69, 9.17) is 5.73 Å². The Morgan fingerprint density at radius 1 is 1.04 bits per heavy atom. The molecule has 3 rings (SSSR count). The number of nitrogens with zero attached hydrogens (tertiary/aromatic N) is 1. The van der Waals surface area contributed by atoms with Crippen molar-refractivity contribution in [3.05, 3.63) is 74.9 Å². The number of primary amides is 1. The van der Waals surface area contributed by atoms with Crippen LogP contribution in [0.4, 0.5) is 5.69 Å². The van der Waals surface area contributed by atoms with E-state index in [1.807, 2.05) is 0 Å². The number of fused-ring (bicyclic) bond motifs is 1. The SMILES string of the molecule is NC(=O)c1ccccc1NC(=O)CCn1c(=O)[nH]c2ccccc2c1=O. The first kappa shape index (κ1) is 17.2. The number of amides is 2. The lowest BCUT2D eigenvalue weighted by Crippen LogP contribution is -2.36. The van der Waals surface area contributed by atoms with Crippen molar-refractivity contribution in [2.45, 2.75) is 13.0 Å². The minimum absolute atomic E-state index is 0.0937. The zero-order valence-electron chi connectivity index (χ0n) is 13.7. The Morgan fingerprint density at radius 3 is 2.50 bits per heavy atom. The molecule has 0 aliphatic heterocycles. The van der Waals surface area contributed by atoms with Gasteiger partial charge in [-0.3, -0.25) is 19.0 Å². The third-order valence-corrected chi connectivity index (χ3v) is 3.92. The van der Waals surface area contributed by atoms with Crippen molar-refractivity contribution in [1.29, 1.82) is 0 Å². The van der Waals surface area contributed by atoms with Gasteiger partial charge in [-0.1, -0.05) is 24.3 Å². The number of aromatic amines is 1. The highest BCUT2D eigenvalue weighted by atomic mass is 16.2. The number of anilines is 1. The van der Waals surface area contributed by atoms with E-state index in [0.717, 1.165) is 4.57 Å². The van der Waals surface area contributed by atoms with Gasteiger partial charge >= 0.3 is 5.69 Å². The van der Waals surface area contributed by atoms with Crippen molar-refractivity contribution in [3.63, 3.8) is 0 Å². The Hall–Kier alpha value is -3.68. The van der Waals surface area contributed by atoms with Crippen molar-refractivity contribution < 1.29 is 9.59 Å². The van der Waals surface area contributed by atoms with E-state index < -0.39 is 23.1 Å². The number of nitrogens with one attached hydrogen (secondary N) is 2. The Kier molecular flexibility index (Phi) is 4.66. The van der Waals surface area contributed by atoms with Crippen LogP contribution < -0.4 is 22.3 Å². The molecule has 0 aliphatic rings. The Morgan fingerprint density at radius 2 is 1.73 bits per heavy atom. The lowest BCUT2D eigenvalue weighted by Gasteiger charge is -2.09. The average Bonchev–Trinajstić information content (AvgIpc) is 2.61. The van der Waals surface area contributed by atoms with E-state index in [9.17, 15) is 19.2 Å². The van der Waals surface area contributed by atoms with E-state index in [1.165, 1.54) is 6.07 Å². The molecule has 0 saturated heterocycles. The monoisotopic (exact) mass is 352 g/mol. The number of hydrogen-bond acceptors (Lipinski definition) is 4. The maximum atomic E-state index is 12.4. The number of benzene rings is 2. The summed E-state index contributed by atoms with van der Waals surface area (Å²) < 4.78 is 0.974. The highest BCUT2D eigenvalue weighted by Gasteiger charge is 2.12. The molecule has 0 fully saturated rings. The fraction of sp³-hybridized carbons (Fsp3) is 0.111.